The van der Waals surface area contributed by atoms with Crippen LogP contribution in [0.3, 0.4) is 0 Å². The highest BCUT2D eigenvalue weighted by atomic mass is 32.1. The predicted molar refractivity (Wildman–Crippen MR) is 93.0 cm³/mol. The van der Waals surface area contributed by atoms with Crippen LogP contribution in [0.5, 0.6) is 0 Å². The average molecular weight is 351 g/mol. The minimum Gasteiger partial charge on any atom is -0.370 e. The number of nitrogens with zero attached hydrogens (tertiary/aromatic N) is 2. The van der Waals surface area contributed by atoms with Crippen LogP contribution in [-0.2, 0) is 11.3 Å². The SMILES string of the molecule is CCn1cnc2sc(C(=O)NCC[NH+]3CCOCC3)c(C)c2c1=O. The number of hydrogen-bond acceptors (Lipinski definition) is 5. The largest absolute Gasteiger partial charge is 0.370 e. The number of carbonyl (C=O) groups excluding carboxylic acids is 1. The minimum atomic E-state index is -0.120. The van der Waals surface area contributed by atoms with Crippen LogP contribution in [-0.4, -0.2) is 54.9 Å². The van der Waals surface area contributed by atoms with E-state index in [9.17, 15) is 9.59 Å². The molecule has 0 spiro atoms. The van der Waals surface area contributed by atoms with Crippen molar-refractivity contribution in [3.63, 3.8) is 0 Å². The number of rotatable bonds is 5. The first-order chi connectivity index (χ1) is 11.6. The lowest BCUT2D eigenvalue weighted by atomic mass is 10.2. The van der Waals surface area contributed by atoms with E-state index in [1.54, 1.807) is 10.9 Å². The summed E-state index contributed by atoms with van der Waals surface area (Å²) in [5, 5.41) is 3.53. The molecule has 0 aromatic carbocycles. The fourth-order valence-corrected chi connectivity index (χ4v) is 4.00. The number of fused-ring (bicyclic) bond motifs is 1. The standard InChI is InChI=1S/C16H22N4O3S/c1-3-20-10-18-15-12(16(20)22)11(2)13(24-15)14(21)17-4-5-19-6-8-23-9-7-19/h10H,3-9H2,1-2H3,(H,17,21)/p+1. The number of quaternary nitrogens is 1. The summed E-state index contributed by atoms with van der Waals surface area (Å²) in [6.07, 6.45) is 1.55. The summed E-state index contributed by atoms with van der Waals surface area (Å²) in [4.78, 5) is 31.9. The quantitative estimate of drug-likeness (QED) is 0.756. The maximum atomic E-state index is 12.5. The fourth-order valence-electron chi connectivity index (χ4n) is 2.94. The molecule has 3 rings (SSSR count). The van der Waals surface area contributed by atoms with Crippen LogP contribution < -0.4 is 15.8 Å². The Balaban J connectivity index is 1.71. The molecule has 3 heterocycles. The summed E-state index contributed by atoms with van der Waals surface area (Å²) < 4.78 is 6.89. The summed E-state index contributed by atoms with van der Waals surface area (Å²) in [5.74, 6) is -0.120. The summed E-state index contributed by atoms with van der Waals surface area (Å²) in [6, 6.07) is 0. The zero-order valence-corrected chi connectivity index (χ0v) is 14.9. The molecule has 0 bridgehead atoms. The van der Waals surface area contributed by atoms with Gasteiger partial charge in [-0.3, -0.25) is 14.2 Å². The lowest BCUT2D eigenvalue weighted by Crippen LogP contribution is -3.14. The van der Waals surface area contributed by atoms with Crippen molar-refractivity contribution in [2.75, 3.05) is 39.4 Å². The number of morpholine rings is 1. The number of carbonyl (C=O) groups is 1. The normalized spacial score (nSPS) is 15.8. The molecule has 1 amide bonds. The van der Waals surface area contributed by atoms with E-state index in [-0.39, 0.29) is 11.5 Å². The second kappa shape index (κ2) is 7.42. The van der Waals surface area contributed by atoms with E-state index in [1.165, 1.54) is 16.2 Å². The fraction of sp³-hybridized carbons (Fsp3) is 0.562. The van der Waals surface area contributed by atoms with E-state index >= 15 is 0 Å². The number of amides is 1. The molecule has 1 aliphatic heterocycles. The Morgan fingerprint density at radius 2 is 2.21 bits per heavy atom. The van der Waals surface area contributed by atoms with Gasteiger partial charge in [0.05, 0.1) is 42.9 Å². The van der Waals surface area contributed by atoms with Gasteiger partial charge in [0.25, 0.3) is 11.5 Å². The molecule has 8 heteroatoms. The molecule has 7 nitrogen and oxygen atoms in total. The summed E-state index contributed by atoms with van der Waals surface area (Å²) in [7, 11) is 0. The number of hydrogen-bond donors (Lipinski definition) is 2. The van der Waals surface area contributed by atoms with Crippen LogP contribution in [0, 0.1) is 6.92 Å². The lowest BCUT2D eigenvalue weighted by molar-refractivity contribution is -0.906. The van der Waals surface area contributed by atoms with E-state index in [0.717, 1.165) is 38.4 Å². The Morgan fingerprint density at radius 3 is 2.92 bits per heavy atom. The van der Waals surface area contributed by atoms with Crippen LogP contribution in [0.25, 0.3) is 10.2 Å². The molecule has 1 saturated heterocycles. The number of nitrogens with one attached hydrogen (secondary N) is 2. The first-order valence-electron chi connectivity index (χ1n) is 8.30. The molecule has 24 heavy (non-hydrogen) atoms. The Bertz CT molecular complexity index is 792. The molecule has 2 N–H and O–H groups in total. The van der Waals surface area contributed by atoms with Gasteiger partial charge < -0.3 is 15.0 Å². The van der Waals surface area contributed by atoms with Crippen molar-refractivity contribution in [2.45, 2.75) is 20.4 Å². The molecule has 1 aliphatic rings. The van der Waals surface area contributed by atoms with Crippen molar-refractivity contribution in [3.8, 4) is 0 Å². The molecule has 0 unspecified atom stereocenters. The molecule has 1 fully saturated rings. The first-order valence-corrected chi connectivity index (χ1v) is 9.11. The van der Waals surface area contributed by atoms with Gasteiger partial charge in [-0.1, -0.05) is 0 Å². The molecular weight excluding hydrogens is 328 g/mol. The molecule has 2 aromatic heterocycles. The number of ether oxygens (including phenoxy) is 1. The maximum absolute atomic E-state index is 12.5. The second-order valence-corrected chi connectivity index (χ2v) is 6.94. The summed E-state index contributed by atoms with van der Waals surface area (Å²) in [5.41, 5.74) is 0.652. The zero-order valence-electron chi connectivity index (χ0n) is 14.1. The highest BCUT2D eigenvalue weighted by Crippen LogP contribution is 2.26. The second-order valence-electron chi connectivity index (χ2n) is 5.94. The number of thiophene rings is 1. The molecule has 2 aromatic rings. The lowest BCUT2D eigenvalue weighted by Gasteiger charge is -2.23. The van der Waals surface area contributed by atoms with Gasteiger partial charge in [-0.25, -0.2) is 4.98 Å². The van der Waals surface area contributed by atoms with Gasteiger partial charge in [-0.15, -0.1) is 11.3 Å². The maximum Gasteiger partial charge on any atom is 0.262 e. The molecule has 130 valence electrons. The highest BCUT2D eigenvalue weighted by Gasteiger charge is 2.20. The van der Waals surface area contributed by atoms with Crippen molar-refractivity contribution >= 4 is 27.5 Å². The predicted octanol–water partition coefficient (Wildman–Crippen LogP) is -0.569. The van der Waals surface area contributed by atoms with Gasteiger partial charge in [-0.2, -0.15) is 0 Å². The van der Waals surface area contributed by atoms with E-state index in [1.807, 2.05) is 13.8 Å². The molecule has 0 saturated carbocycles. The van der Waals surface area contributed by atoms with Crippen molar-refractivity contribution in [3.05, 3.63) is 27.1 Å². The molecule has 0 radical (unpaired) electrons. The molecule has 0 atom stereocenters. The highest BCUT2D eigenvalue weighted by molar-refractivity contribution is 7.20. The monoisotopic (exact) mass is 351 g/mol. The Kier molecular flexibility index (Phi) is 5.27. The van der Waals surface area contributed by atoms with Crippen LogP contribution in [0.15, 0.2) is 11.1 Å². The van der Waals surface area contributed by atoms with Gasteiger partial charge in [0.15, 0.2) is 0 Å². The Labute approximate surface area is 144 Å². The number of aromatic nitrogens is 2. The van der Waals surface area contributed by atoms with Crippen LogP contribution >= 0.6 is 11.3 Å². The van der Waals surface area contributed by atoms with Crippen molar-refractivity contribution in [1.82, 2.24) is 14.9 Å². The van der Waals surface area contributed by atoms with Crippen molar-refractivity contribution in [1.29, 1.82) is 0 Å². The topological polar surface area (TPSA) is 77.7 Å². The van der Waals surface area contributed by atoms with Gasteiger partial charge in [0.1, 0.15) is 17.9 Å². The van der Waals surface area contributed by atoms with E-state index in [0.29, 0.717) is 28.2 Å². The Hall–Kier alpha value is -1.77. The van der Waals surface area contributed by atoms with E-state index < -0.39 is 0 Å². The summed E-state index contributed by atoms with van der Waals surface area (Å²) in [6.45, 7) is 9.34. The molecular formula is C16H23N4O3S+. The summed E-state index contributed by atoms with van der Waals surface area (Å²) >= 11 is 1.29. The smallest absolute Gasteiger partial charge is 0.262 e. The first kappa shape index (κ1) is 17.1. The van der Waals surface area contributed by atoms with Gasteiger partial charge in [-0.05, 0) is 19.4 Å². The third-order valence-corrected chi connectivity index (χ3v) is 5.63. The van der Waals surface area contributed by atoms with Gasteiger partial charge in [0.2, 0.25) is 0 Å². The molecule has 0 aliphatic carbocycles. The van der Waals surface area contributed by atoms with Crippen LogP contribution in [0.1, 0.15) is 22.2 Å². The van der Waals surface area contributed by atoms with Crippen LogP contribution in [0.4, 0.5) is 0 Å². The third kappa shape index (κ3) is 3.35. The van der Waals surface area contributed by atoms with E-state index in [2.05, 4.69) is 10.3 Å². The minimum absolute atomic E-state index is 0.0759. The van der Waals surface area contributed by atoms with Gasteiger partial charge >= 0.3 is 0 Å². The average Bonchev–Trinajstić information content (AvgIpc) is 2.94. The third-order valence-electron chi connectivity index (χ3n) is 4.43. The zero-order chi connectivity index (χ0) is 17.1. The van der Waals surface area contributed by atoms with Crippen molar-refractivity contribution < 1.29 is 14.4 Å². The van der Waals surface area contributed by atoms with Crippen molar-refractivity contribution in [2.24, 2.45) is 0 Å². The van der Waals surface area contributed by atoms with Crippen LogP contribution in [0.2, 0.25) is 0 Å². The Morgan fingerprint density at radius 1 is 1.46 bits per heavy atom. The van der Waals surface area contributed by atoms with E-state index in [4.69, 9.17) is 4.74 Å². The van der Waals surface area contributed by atoms with Gasteiger partial charge in [0, 0.05) is 6.54 Å². The number of aryl methyl sites for hydroxylation is 2.